The number of nitrogens with zero attached hydrogens (tertiary/aromatic N) is 3. The number of fused-ring (bicyclic) bond motifs is 1. The molecule has 7 heteroatoms. The van der Waals surface area contributed by atoms with Crippen molar-refractivity contribution in [2.75, 3.05) is 18.2 Å². The number of anilines is 2. The van der Waals surface area contributed by atoms with Crippen molar-refractivity contribution in [3.63, 3.8) is 0 Å². The lowest BCUT2D eigenvalue weighted by atomic mass is 10.1. The Labute approximate surface area is 152 Å². The summed E-state index contributed by atoms with van der Waals surface area (Å²) in [6.07, 6.45) is 2.03. The van der Waals surface area contributed by atoms with E-state index in [4.69, 9.17) is 22.1 Å². The van der Waals surface area contributed by atoms with Gasteiger partial charge in [-0.15, -0.1) is 0 Å². The Balaban J connectivity index is 2.07. The van der Waals surface area contributed by atoms with Crippen molar-refractivity contribution in [1.82, 2.24) is 14.6 Å². The zero-order chi connectivity index (χ0) is 18.0. The minimum Gasteiger partial charge on any atom is -0.497 e. The Morgan fingerprint density at radius 3 is 2.64 bits per heavy atom. The molecule has 25 heavy (non-hydrogen) atoms. The predicted octanol–water partition coefficient (Wildman–Crippen LogP) is 4.24. The van der Waals surface area contributed by atoms with Crippen LogP contribution in [0.25, 0.3) is 16.9 Å². The first-order valence-electron chi connectivity index (χ1n) is 8.32. The number of hydrogen-bond donors (Lipinski definition) is 2. The number of halogens is 1. The second kappa shape index (κ2) is 7.19. The molecule has 6 nitrogen and oxygen atoms in total. The molecule has 0 aliphatic heterocycles. The minimum absolute atomic E-state index is 0.349. The summed E-state index contributed by atoms with van der Waals surface area (Å²) in [5.74, 6) is 1.98. The van der Waals surface area contributed by atoms with Crippen LogP contribution in [-0.4, -0.2) is 27.7 Å². The van der Waals surface area contributed by atoms with Crippen LogP contribution in [0.1, 0.15) is 26.7 Å². The van der Waals surface area contributed by atoms with E-state index < -0.39 is 0 Å². The van der Waals surface area contributed by atoms with Gasteiger partial charge in [0.25, 0.3) is 0 Å². The molecule has 132 valence electrons. The van der Waals surface area contributed by atoms with Gasteiger partial charge in [-0.2, -0.15) is 9.61 Å². The average molecular weight is 360 g/mol. The summed E-state index contributed by atoms with van der Waals surface area (Å²) in [5, 5.41) is 8.73. The molecule has 3 N–H and O–H groups in total. The van der Waals surface area contributed by atoms with Crippen molar-refractivity contribution < 1.29 is 4.74 Å². The highest BCUT2D eigenvalue weighted by Gasteiger charge is 2.14. The third-order valence-electron chi connectivity index (χ3n) is 4.24. The second-order valence-electron chi connectivity index (χ2n) is 5.87. The summed E-state index contributed by atoms with van der Waals surface area (Å²) in [6.45, 7) is 4.29. The molecule has 3 aromatic rings. The van der Waals surface area contributed by atoms with Gasteiger partial charge in [0.2, 0.25) is 0 Å². The molecule has 0 amide bonds. The first-order chi connectivity index (χ1) is 12.0. The van der Waals surface area contributed by atoms with Crippen LogP contribution < -0.4 is 15.8 Å². The standard InChI is InChI=1S/C18H22ClN5O/c1-4-11(5-2)21-18-10-16(20)22-17-9-15(23-24(17)18)13-7-6-12(25-3)8-14(13)19/h6-11,21H,4-5H2,1-3H3,(H2,20,22). The lowest BCUT2D eigenvalue weighted by molar-refractivity contribution is 0.415. The number of benzene rings is 1. The maximum atomic E-state index is 6.38. The van der Waals surface area contributed by atoms with Crippen molar-refractivity contribution in [2.24, 2.45) is 0 Å². The zero-order valence-corrected chi connectivity index (χ0v) is 15.3. The van der Waals surface area contributed by atoms with Gasteiger partial charge in [-0.25, -0.2) is 4.98 Å². The topological polar surface area (TPSA) is 77.5 Å². The molecule has 0 aliphatic carbocycles. The molecule has 2 heterocycles. The largest absolute Gasteiger partial charge is 0.497 e. The average Bonchev–Trinajstić information content (AvgIpc) is 3.02. The maximum Gasteiger partial charge on any atom is 0.160 e. The molecule has 2 aromatic heterocycles. The van der Waals surface area contributed by atoms with Crippen LogP contribution in [0.5, 0.6) is 5.75 Å². The van der Waals surface area contributed by atoms with Crippen molar-refractivity contribution in [3.8, 4) is 17.0 Å². The van der Waals surface area contributed by atoms with Crippen molar-refractivity contribution >= 4 is 28.9 Å². The quantitative estimate of drug-likeness (QED) is 0.688. The molecule has 0 saturated carbocycles. The fourth-order valence-corrected chi connectivity index (χ4v) is 3.03. The van der Waals surface area contributed by atoms with Crippen molar-refractivity contribution in [3.05, 3.63) is 35.4 Å². The SMILES string of the molecule is CCC(CC)Nc1cc(N)nc2cc(-c3ccc(OC)cc3Cl)nn12. The molecule has 0 saturated heterocycles. The van der Waals surface area contributed by atoms with Gasteiger partial charge < -0.3 is 15.8 Å². The van der Waals surface area contributed by atoms with Gasteiger partial charge in [0, 0.05) is 23.7 Å². The molecule has 0 fully saturated rings. The van der Waals surface area contributed by atoms with Gasteiger partial charge in [-0.05, 0) is 31.0 Å². The fourth-order valence-electron chi connectivity index (χ4n) is 2.76. The van der Waals surface area contributed by atoms with E-state index in [2.05, 4.69) is 29.2 Å². The predicted molar refractivity (Wildman–Crippen MR) is 102 cm³/mol. The number of rotatable bonds is 6. The van der Waals surface area contributed by atoms with Crippen LogP contribution in [-0.2, 0) is 0 Å². The van der Waals surface area contributed by atoms with Gasteiger partial charge in [-0.3, -0.25) is 0 Å². The number of nitrogens with one attached hydrogen (secondary N) is 1. The van der Waals surface area contributed by atoms with Gasteiger partial charge in [0.1, 0.15) is 17.4 Å². The first kappa shape index (κ1) is 17.4. The third-order valence-corrected chi connectivity index (χ3v) is 4.55. The summed E-state index contributed by atoms with van der Waals surface area (Å²) in [7, 11) is 1.61. The smallest absolute Gasteiger partial charge is 0.160 e. The van der Waals surface area contributed by atoms with Crippen LogP contribution in [0.2, 0.25) is 5.02 Å². The van der Waals surface area contributed by atoms with E-state index in [-0.39, 0.29) is 0 Å². The Bertz CT molecular complexity index is 889. The summed E-state index contributed by atoms with van der Waals surface area (Å²) in [6, 6.07) is 9.55. The molecule has 1 aromatic carbocycles. The Morgan fingerprint density at radius 2 is 2.00 bits per heavy atom. The van der Waals surface area contributed by atoms with Gasteiger partial charge in [0.15, 0.2) is 5.65 Å². The fraction of sp³-hybridized carbons (Fsp3) is 0.333. The van der Waals surface area contributed by atoms with E-state index in [0.29, 0.717) is 28.3 Å². The van der Waals surface area contributed by atoms with Crippen molar-refractivity contribution in [2.45, 2.75) is 32.7 Å². The van der Waals surface area contributed by atoms with Crippen LogP contribution in [0.4, 0.5) is 11.6 Å². The normalized spacial score (nSPS) is 11.2. The van der Waals surface area contributed by atoms with Crippen molar-refractivity contribution in [1.29, 1.82) is 0 Å². The molecule has 3 rings (SSSR count). The summed E-state index contributed by atoms with van der Waals surface area (Å²) < 4.78 is 6.97. The van der Waals surface area contributed by atoms with Gasteiger partial charge in [0.05, 0.1) is 17.8 Å². The van der Waals surface area contributed by atoms with Crippen LogP contribution >= 0.6 is 11.6 Å². The lowest BCUT2D eigenvalue weighted by Gasteiger charge is -2.17. The Morgan fingerprint density at radius 1 is 1.24 bits per heavy atom. The highest BCUT2D eigenvalue weighted by molar-refractivity contribution is 6.33. The van der Waals surface area contributed by atoms with E-state index in [1.54, 1.807) is 23.8 Å². The van der Waals surface area contributed by atoms with E-state index in [0.717, 1.165) is 29.9 Å². The van der Waals surface area contributed by atoms with Crippen LogP contribution in [0, 0.1) is 0 Å². The van der Waals surface area contributed by atoms with E-state index >= 15 is 0 Å². The Kier molecular flexibility index (Phi) is 4.99. The first-order valence-corrected chi connectivity index (χ1v) is 8.70. The van der Waals surface area contributed by atoms with E-state index in [9.17, 15) is 0 Å². The number of hydrogen-bond acceptors (Lipinski definition) is 5. The van der Waals surface area contributed by atoms with Crippen LogP contribution in [0.3, 0.4) is 0 Å². The van der Waals surface area contributed by atoms with Gasteiger partial charge >= 0.3 is 0 Å². The maximum absolute atomic E-state index is 6.38. The second-order valence-corrected chi connectivity index (χ2v) is 6.28. The molecule has 0 bridgehead atoms. The summed E-state index contributed by atoms with van der Waals surface area (Å²) in [4.78, 5) is 4.38. The minimum atomic E-state index is 0.349. The number of methoxy groups -OCH3 is 1. The molecule has 0 atom stereocenters. The third kappa shape index (κ3) is 3.49. The zero-order valence-electron chi connectivity index (χ0n) is 14.6. The lowest BCUT2D eigenvalue weighted by Crippen LogP contribution is -2.19. The molecule has 0 spiro atoms. The highest BCUT2D eigenvalue weighted by Crippen LogP contribution is 2.31. The molecule has 0 unspecified atom stereocenters. The van der Waals surface area contributed by atoms with E-state index in [1.165, 1.54) is 0 Å². The number of nitrogens with two attached hydrogens (primary N) is 1. The molecule has 0 aliphatic rings. The monoisotopic (exact) mass is 359 g/mol. The highest BCUT2D eigenvalue weighted by atomic mass is 35.5. The number of nitrogen functional groups attached to an aromatic ring is 1. The number of aromatic nitrogens is 3. The Hall–Kier alpha value is -2.47. The summed E-state index contributed by atoms with van der Waals surface area (Å²) in [5.41, 5.74) is 8.19. The van der Waals surface area contributed by atoms with E-state index in [1.807, 2.05) is 18.2 Å². The van der Waals surface area contributed by atoms with Crippen LogP contribution in [0.15, 0.2) is 30.3 Å². The molecule has 0 radical (unpaired) electrons. The number of ether oxygens (including phenoxy) is 1. The van der Waals surface area contributed by atoms with Gasteiger partial charge in [-0.1, -0.05) is 25.4 Å². The molecular formula is C18H22ClN5O. The molecular weight excluding hydrogens is 338 g/mol. The summed E-state index contributed by atoms with van der Waals surface area (Å²) >= 11 is 6.38.